The third-order valence-electron chi connectivity index (χ3n) is 5.99. The lowest BCUT2D eigenvalue weighted by Crippen LogP contribution is -2.43. The van der Waals surface area contributed by atoms with E-state index in [1.807, 2.05) is 69.3 Å². The number of benzene rings is 2. The van der Waals surface area contributed by atoms with Gasteiger partial charge in [-0.15, -0.1) is 0 Å². The summed E-state index contributed by atoms with van der Waals surface area (Å²) in [7, 11) is 4.81. The van der Waals surface area contributed by atoms with Crippen LogP contribution < -0.4 is 9.47 Å². The van der Waals surface area contributed by atoms with E-state index in [1.165, 1.54) is 5.01 Å². The largest absolute Gasteiger partial charge is 0.497 e. The summed E-state index contributed by atoms with van der Waals surface area (Å²) in [6.07, 6.45) is 0.839. The number of hydrogen-bond donors (Lipinski definition) is 0. The van der Waals surface area contributed by atoms with E-state index in [9.17, 15) is 9.59 Å². The number of nitrogens with zero attached hydrogens (tertiary/aromatic N) is 3. The molecule has 194 valence electrons. The summed E-state index contributed by atoms with van der Waals surface area (Å²) in [5.74, 6) is 1.05. The Morgan fingerprint density at radius 2 is 1.81 bits per heavy atom. The van der Waals surface area contributed by atoms with Crippen molar-refractivity contribution in [3.63, 3.8) is 0 Å². The second kappa shape index (κ2) is 12.0. The molecule has 0 N–H and O–H groups in total. The van der Waals surface area contributed by atoms with Gasteiger partial charge in [-0.25, -0.2) is 5.01 Å². The van der Waals surface area contributed by atoms with Gasteiger partial charge < -0.3 is 19.1 Å². The maximum atomic E-state index is 13.7. The minimum absolute atomic E-state index is 0.0845. The number of hydrogen-bond acceptors (Lipinski definition) is 6. The van der Waals surface area contributed by atoms with Crippen LogP contribution in [-0.4, -0.2) is 68.5 Å². The van der Waals surface area contributed by atoms with Crippen molar-refractivity contribution < 1.29 is 23.8 Å². The Labute approximate surface area is 213 Å². The van der Waals surface area contributed by atoms with Crippen molar-refractivity contribution in [2.45, 2.75) is 39.7 Å². The first kappa shape index (κ1) is 27.2. The fraction of sp³-hybridized carbons (Fsp3) is 0.464. The number of rotatable bonds is 10. The van der Waals surface area contributed by atoms with Crippen LogP contribution in [0.3, 0.4) is 0 Å². The molecule has 1 aliphatic heterocycles. The van der Waals surface area contributed by atoms with E-state index < -0.39 is 0 Å². The molecule has 0 radical (unpaired) electrons. The van der Waals surface area contributed by atoms with Crippen LogP contribution in [0, 0.1) is 5.41 Å². The summed E-state index contributed by atoms with van der Waals surface area (Å²) in [6.45, 7) is 6.60. The first-order chi connectivity index (χ1) is 17.2. The molecule has 0 fully saturated rings. The van der Waals surface area contributed by atoms with Gasteiger partial charge in [-0.2, -0.15) is 5.10 Å². The lowest BCUT2D eigenvalue weighted by Gasteiger charge is -2.29. The highest BCUT2D eigenvalue weighted by Gasteiger charge is 2.36. The zero-order chi connectivity index (χ0) is 26.3. The van der Waals surface area contributed by atoms with Crippen LogP contribution in [0.1, 0.15) is 50.8 Å². The molecule has 0 saturated carbocycles. The van der Waals surface area contributed by atoms with Crippen molar-refractivity contribution in [2.24, 2.45) is 10.5 Å². The molecule has 2 amide bonds. The van der Waals surface area contributed by atoms with Gasteiger partial charge in [0.15, 0.2) is 0 Å². The lowest BCUT2D eigenvalue weighted by atomic mass is 9.91. The zero-order valence-electron chi connectivity index (χ0n) is 22.1. The molecule has 0 spiro atoms. The molecule has 0 bridgehead atoms. The maximum Gasteiger partial charge on any atom is 0.262 e. The monoisotopic (exact) mass is 495 g/mol. The molecule has 2 aromatic carbocycles. The van der Waals surface area contributed by atoms with Crippen LogP contribution in [0.5, 0.6) is 11.5 Å². The van der Waals surface area contributed by atoms with Crippen LogP contribution in [0.2, 0.25) is 0 Å². The number of hydrazone groups is 1. The molecular formula is C28H37N3O5. The van der Waals surface area contributed by atoms with Gasteiger partial charge in [-0.1, -0.05) is 51.1 Å². The second-order valence-corrected chi connectivity index (χ2v) is 10.0. The maximum absolute atomic E-state index is 13.7. The van der Waals surface area contributed by atoms with E-state index in [0.717, 1.165) is 16.8 Å². The number of para-hydroxylation sites is 1. The Morgan fingerprint density at radius 3 is 2.47 bits per heavy atom. The standard InChI is InChI=1S/C28H37N3O5/c1-28(2,3)18-26(32)30(14-15-34-4)19-27(33)31-24(22-12-7-8-13-25(22)36-6)17-23(29-31)20-10-9-11-21(16-20)35-5/h7-13,16,24H,14-15,17-19H2,1-6H3. The molecule has 2 aromatic rings. The molecule has 1 unspecified atom stereocenters. The highest BCUT2D eigenvalue weighted by molar-refractivity contribution is 6.03. The Hall–Kier alpha value is -3.39. The van der Waals surface area contributed by atoms with Crippen LogP contribution in [-0.2, 0) is 14.3 Å². The van der Waals surface area contributed by atoms with Crippen molar-refractivity contribution in [3.8, 4) is 11.5 Å². The van der Waals surface area contributed by atoms with Gasteiger partial charge in [0, 0.05) is 37.6 Å². The van der Waals surface area contributed by atoms with Gasteiger partial charge in [-0.05, 0) is 23.6 Å². The smallest absolute Gasteiger partial charge is 0.262 e. The Kier molecular flexibility index (Phi) is 9.09. The number of ether oxygens (including phenoxy) is 3. The molecule has 0 saturated heterocycles. The third kappa shape index (κ3) is 6.85. The minimum atomic E-state index is -0.364. The molecule has 0 aromatic heterocycles. The minimum Gasteiger partial charge on any atom is -0.497 e. The van der Waals surface area contributed by atoms with Crippen molar-refractivity contribution in [3.05, 3.63) is 59.7 Å². The molecule has 1 atom stereocenters. The normalized spacial score (nSPS) is 15.4. The zero-order valence-corrected chi connectivity index (χ0v) is 22.1. The molecule has 3 rings (SSSR count). The molecule has 8 nitrogen and oxygen atoms in total. The average molecular weight is 496 g/mol. The topological polar surface area (TPSA) is 80.7 Å². The number of amides is 2. The summed E-state index contributed by atoms with van der Waals surface area (Å²) in [5, 5.41) is 6.25. The van der Waals surface area contributed by atoms with Gasteiger partial charge in [0.05, 0.1) is 32.6 Å². The van der Waals surface area contributed by atoms with Crippen LogP contribution in [0.4, 0.5) is 0 Å². The Morgan fingerprint density at radius 1 is 1.06 bits per heavy atom. The second-order valence-electron chi connectivity index (χ2n) is 10.0. The van der Waals surface area contributed by atoms with Crippen LogP contribution in [0.15, 0.2) is 53.6 Å². The number of methoxy groups -OCH3 is 3. The van der Waals surface area contributed by atoms with Crippen molar-refractivity contribution in [1.82, 2.24) is 9.91 Å². The first-order valence-corrected chi connectivity index (χ1v) is 12.1. The van der Waals surface area contributed by atoms with Crippen molar-refractivity contribution >= 4 is 17.5 Å². The van der Waals surface area contributed by atoms with Gasteiger partial charge in [-0.3, -0.25) is 9.59 Å². The summed E-state index contributed by atoms with van der Waals surface area (Å²) < 4.78 is 16.2. The molecule has 1 aliphatic rings. The Bertz CT molecular complexity index is 1090. The lowest BCUT2D eigenvalue weighted by molar-refractivity contribution is -0.143. The van der Waals surface area contributed by atoms with Crippen molar-refractivity contribution in [1.29, 1.82) is 0 Å². The van der Waals surface area contributed by atoms with E-state index in [-0.39, 0.29) is 29.8 Å². The van der Waals surface area contributed by atoms with Gasteiger partial charge >= 0.3 is 0 Å². The predicted octanol–water partition coefficient (Wildman–Crippen LogP) is 4.29. The number of carbonyl (C=O) groups is 2. The molecule has 8 heteroatoms. The molecule has 36 heavy (non-hydrogen) atoms. The van der Waals surface area contributed by atoms with Crippen LogP contribution in [0.25, 0.3) is 0 Å². The van der Waals surface area contributed by atoms with Crippen LogP contribution >= 0.6 is 0 Å². The van der Waals surface area contributed by atoms with E-state index in [2.05, 4.69) is 0 Å². The van der Waals surface area contributed by atoms with E-state index in [0.29, 0.717) is 37.5 Å². The fourth-order valence-electron chi connectivity index (χ4n) is 4.20. The molecular weight excluding hydrogens is 458 g/mol. The van der Waals surface area contributed by atoms with Gasteiger partial charge in [0.1, 0.15) is 18.0 Å². The fourth-order valence-corrected chi connectivity index (χ4v) is 4.20. The SMILES string of the molecule is COCCN(CC(=O)N1N=C(c2cccc(OC)c2)CC1c1ccccc1OC)C(=O)CC(C)(C)C. The third-order valence-corrected chi connectivity index (χ3v) is 5.99. The molecule has 1 heterocycles. The number of carbonyl (C=O) groups excluding carboxylic acids is 2. The Balaban J connectivity index is 1.94. The summed E-state index contributed by atoms with van der Waals surface area (Å²) >= 11 is 0. The van der Waals surface area contributed by atoms with E-state index in [1.54, 1.807) is 26.2 Å². The van der Waals surface area contributed by atoms with E-state index >= 15 is 0 Å². The molecule has 0 aliphatic carbocycles. The summed E-state index contributed by atoms with van der Waals surface area (Å²) in [4.78, 5) is 28.3. The van der Waals surface area contributed by atoms with Crippen molar-refractivity contribution in [2.75, 3.05) is 41.0 Å². The van der Waals surface area contributed by atoms with E-state index in [4.69, 9.17) is 19.3 Å². The van der Waals surface area contributed by atoms with Gasteiger partial charge in [0.2, 0.25) is 5.91 Å². The first-order valence-electron chi connectivity index (χ1n) is 12.1. The highest BCUT2D eigenvalue weighted by atomic mass is 16.5. The average Bonchev–Trinajstić information content (AvgIpc) is 3.31. The predicted molar refractivity (Wildman–Crippen MR) is 139 cm³/mol. The highest BCUT2D eigenvalue weighted by Crippen LogP contribution is 2.37. The summed E-state index contributed by atoms with van der Waals surface area (Å²) in [5.41, 5.74) is 2.31. The quantitative estimate of drug-likeness (QED) is 0.491. The van der Waals surface area contributed by atoms with Gasteiger partial charge in [0.25, 0.3) is 5.91 Å². The summed E-state index contributed by atoms with van der Waals surface area (Å²) in [6, 6.07) is 14.9.